The molecule has 1 heterocycles. The predicted octanol–water partition coefficient (Wildman–Crippen LogP) is 3.57. The van der Waals surface area contributed by atoms with Crippen LogP contribution in [0.25, 0.3) is 0 Å². The summed E-state index contributed by atoms with van der Waals surface area (Å²) in [5.74, 6) is 0. The lowest BCUT2D eigenvalue weighted by Gasteiger charge is -2.31. The molecule has 1 aliphatic rings. The molecule has 5 heteroatoms. The highest BCUT2D eigenvalue weighted by molar-refractivity contribution is 5.65. The summed E-state index contributed by atoms with van der Waals surface area (Å²) < 4.78 is 39.0. The van der Waals surface area contributed by atoms with Gasteiger partial charge in [-0.2, -0.15) is 18.4 Å². The quantitative estimate of drug-likeness (QED) is 0.766. The number of rotatable bonds is 1. The molecule has 1 aliphatic heterocycles. The summed E-state index contributed by atoms with van der Waals surface area (Å²) in [4.78, 5) is 1.69. The van der Waals surface area contributed by atoms with Gasteiger partial charge in [0.1, 0.15) is 6.07 Å². The van der Waals surface area contributed by atoms with Crippen LogP contribution >= 0.6 is 0 Å². The number of nitrogens with zero attached hydrogens (tertiary/aromatic N) is 2. The molecule has 0 atom stereocenters. The molecule has 0 spiro atoms. The summed E-state index contributed by atoms with van der Waals surface area (Å²) in [7, 11) is 0. The lowest BCUT2D eigenvalue weighted by molar-refractivity contribution is -0.137. The van der Waals surface area contributed by atoms with E-state index in [-0.39, 0.29) is 11.3 Å². The largest absolute Gasteiger partial charge is 0.418 e. The molecule has 2 nitrogen and oxygen atoms in total. The molecule has 1 aromatic rings. The van der Waals surface area contributed by atoms with Gasteiger partial charge in [0.15, 0.2) is 0 Å². The molecule has 1 saturated heterocycles. The van der Waals surface area contributed by atoms with Crippen LogP contribution in [0, 0.1) is 11.3 Å². The van der Waals surface area contributed by atoms with Crippen molar-refractivity contribution in [2.24, 2.45) is 0 Å². The number of anilines is 1. The summed E-state index contributed by atoms with van der Waals surface area (Å²) in [5, 5.41) is 9.00. The third-order valence-corrected chi connectivity index (χ3v) is 3.13. The summed E-state index contributed by atoms with van der Waals surface area (Å²) in [6.07, 6.45) is -1.64. The molecule has 2 rings (SSSR count). The topological polar surface area (TPSA) is 27.0 Å². The molecule has 1 aromatic carbocycles. The van der Waals surface area contributed by atoms with Gasteiger partial charge in [0, 0.05) is 13.1 Å². The minimum Gasteiger partial charge on any atom is -0.370 e. The van der Waals surface area contributed by atoms with Crippen molar-refractivity contribution in [3.05, 3.63) is 29.3 Å². The first-order valence-electron chi connectivity index (χ1n) is 5.89. The lowest BCUT2D eigenvalue weighted by Crippen LogP contribution is -2.32. The van der Waals surface area contributed by atoms with E-state index < -0.39 is 11.7 Å². The second kappa shape index (κ2) is 4.89. The van der Waals surface area contributed by atoms with Gasteiger partial charge < -0.3 is 4.90 Å². The van der Waals surface area contributed by atoms with Gasteiger partial charge >= 0.3 is 6.18 Å². The Kier molecular flexibility index (Phi) is 3.46. The zero-order valence-corrected chi connectivity index (χ0v) is 9.80. The monoisotopic (exact) mass is 254 g/mol. The second-order valence-electron chi connectivity index (χ2n) is 4.36. The fraction of sp³-hybridized carbons (Fsp3) is 0.462. The second-order valence-corrected chi connectivity index (χ2v) is 4.36. The van der Waals surface area contributed by atoms with Gasteiger partial charge in [-0.15, -0.1) is 0 Å². The van der Waals surface area contributed by atoms with E-state index in [2.05, 4.69) is 0 Å². The first kappa shape index (κ1) is 12.7. The molecule has 0 amide bonds. The number of hydrogen-bond acceptors (Lipinski definition) is 2. The molecule has 18 heavy (non-hydrogen) atoms. The third kappa shape index (κ3) is 2.42. The number of piperidine rings is 1. The highest BCUT2D eigenvalue weighted by Crippen LogP contribution is 2.39. The van der Waals surface area contributed by atoms with Crippen molar-refractivity contribution in [3.63, 3.8) is 0 Å². The molecule has 0 aromatic heterocycles. The molecule has 0 aliphatic carbocycles. The summed E-state index contributed by atoms with van der Waals surface area (Å²) in [5.41, 5.74) is -0.553. The van der Waals surface area contributed by atoms with Crippen LogP contribution in [-0.4, -0.2) is 13.1 Å². The Morgan fingerprint density at radius 3 is 2.33 bits per heavy atom. The maximum absolute atomic E-state index is 13.0. The number of nitriles is 1. The maximum atomic E-state index is 13.0. The Balaban J connectivity index is 2.51. The van der Waals surface area contributed by atoms with E-state index in [1.54, 1.807) is 4.90 Å². The van der Waals surface area contributed by atoms with Crippen LogP contribution in [0.4, 0.5) is 18.9 Å². The molecule has 0 N–H and O–H groups in total. The number of alkyl halides is 3. The molecule has 0 radical (unpaired) electrons. The molecule has 0 unspecified atom stereocenters. The highest BCUT2D eigenvalue weighted by atomic mass is 19.4. The average Bonchev–Trinajstić information content (AvgIpc) is 2.38. The van der Waals surface area contributed by atoms with Crippen molar-refractivity contribution in [1.29, 1.82) is 5.26 Å². The number of halogens is 3. The van der Waals surface area contributed by atoms with E-state index in [9.17, 15) is 13.2 Å². The summed E-state index contributed by atoms with van der Waals surface area (Å²) in [6, 6.07) is 5.64. The van der Waals surface area contributed by atoms with Crippen molar-refractivity contribution in [3.8, 4) is 6.07 Å². The normalized spacial score (nSPS) is 16.4. The zero-order valence-electron chi connectivity index (χ0n) is 9.80. The van der Waals surface area contributed by atoms with E-state index in [0.29, 0.717) is 13.1 Å². The van der Waals surface area contributed by atoms with Crippen LogP contribution in [0.3, 0.4) is 0 Å². The maximum Gasteiger partial charge on any atom is 0.418 e. The predicted molar refractivity (Wildman–Crippen MR) is 62.2 cm³/mol. The van der Waals surface area contributed by atoms with E-state index in [1.165, 1.54) is 12.1 Å². The molecule has 0 bridgehead atoms. The molecule has 0 saturated carbocycles. The van der Waals surface area contributed by atoms with Gasteiger partial charge in [-0.1, -0.05) is 6.07 Å². The van der Waals surface area contributed by atoms with Crippen molar-refractivity contribution < 1.29 is 13.2 Å². The Morgan fingerprint density at radius 1 is 1.11 bits per heavy atom. The van der Waals surface area contributed by atoms with Crippen LogP contribution in [-0.2, 0) is 6.18 Å². The Morgan fingerprint density at radius 2 is 1.78 bits per heavy atom. The molecular formula is C13H13F3N2. The summed E-state index contributed by atoms with van der Waals surface area (Å²) in [6.45, 7) is 1.17. The van der Waals surface area contributed by atoms with Gasteiger partial charge in [0.2, 0.25) is 0 Å². The SMILES string of the molecule is N#Cc1cccc(C(F)(F)F)c1N1CCCCC1. The summed E-state index contributed by atoms with van der Waals surface area (Å²) >= 11 is 0. The van der Waals surface area contributed by atoms with E-state index in [1.807, 2.05) is 6.07 Å². The zero-order chi connectivity index (χ0) is 13.2. The van der Waals surface area contributed by atoms with E-state index in [0.717, 1.165) is 25.3 Å². The van der Waals surface area contributed by atoms with Crippen LogP contribution in [0.2, 0.25) is 0 Å². The van der Waals surface area contributed by atoms with Crippen LogP contribution in [0.5, 0.6) is 0 Å². The first-order valence-corrected chi connectivity index (χ1v) is 5.89. The number of benzene rings is 1. The molecular weight excluding hydrogens is 241 g/mol. The van der Waals surface area contributed by atoms with Crippen LogP contribution in [0.15, 0.2) is 18.2 Å². The molecule has 96 valence electrons. The molecule has 1 fully saturated rings. The fourth-order valence-electron chi connectivity index (χ4n) is 2.32. The van der Waals surface area contributed by atoms with Crippen molar-refractivity contribution >= 4 is 5.69 Å². The standard InChI is InChI=1S/C13H13F3N2/c14-13(15,16)11-6-4-5-10(9-17)12(11)18-7-2-1-3-8-18/h4-6H,1-3,7-8H2. The Labute approximate surface area is 104 Å². The van der Waals surface area contributed by atoms with Crippen LogP contribution in [0.1, 0.15) is 30.4 Å². The smallest absolute Gasteiger partial charge is 0.370 e. The van der Waals surface area contributed by atoms with Gasteiger partial charge in [-0.25, -0.2) is 0 Å². The average molecular weight is 254 g/mol. The van der Waals surface area contributed by atoms with Gasteiger partial charge in [0.25, 0.3) is 0 Å². The lowest BCUT2D eigenvalue weighted by atomic mass is 10.0. The number of para-hydroxylation sites is 1. The first-order chi connectivity index (χ1) is 8.54. The van der Waals surface area contributed by atoms with Gasteiger partial charge in [-0.3, -0.25) is 0 Å². The van der Waals surface area contributed by atoms with Crippen molar-refractivity contribution in [2.45, 2.75) is 25.4 Å². The minimum atomic E-state index is -4.42. The van der Waals surface area contributed by atoms with Gasteiger partial charge in [-0.05, 0) is 31.4 Å². The van der Waals surface area contributed by atoms with Crippen LogP contribution < -0.4 is 4.90 Å². The fourth-order valence-corrected chi connectivity index (χ4v) is 2.32. The third-order valence-electron chi connectivity index (χ3n) is 3.13. The van der Waals surface area contributed by atoms with Gasteiger partial charge in [0.05, 0.1) is 16.8 Å². The van der Waals surface area contributed by atoms with E-state index >= 15 is 0 Å². The number of hydrogen-bond donors (Lipinski definition) is 0. The highest BCUT2D eigenvalue weighted by Gasteiger charge is 2.36. The van der Waals surface area contributed by atoms with Crippen molar-refractivity contribution in [2.75, 3.05) is 18.0 Å². The van der Waals surface area contributed by atoms with E-state index in [4.69, 9.17) is 5.26 Å². The Bertz CT molecular complexity index is 468. The minimum absolute atomic E-state index is 0.0483. The Hall–Kier alpha value is -1.70. The van der Waals surface area contributed by atoms with Crippen molar-refractivity contribution in [1.82, 2.24) is 0 Å².